The summed E-state index contributed by atoms with van der Waals surface area (Å²) in [4.78, 5) is 35.9. The number of hydrogen-bond acceptors (Lipinski definition) is 22. The fourth-order valence-electron chi connectivity index (χ4n) is 22.2. The second-order valence-corrected chi connectivity index (χ2v) is 50.1. The quantitative estimate of drug-likeness (QED) is 0.0147. The molecule has 0 amide bonds. The number of rotatable bonds is 24. The molecular formula is C95H125F9N4O22S5. The number of carbonyl (C=O) groups is 3. The smallest absolute Gasteiger partial charge is 0.428 e. The lowest BCUT2D eigenvalue weighted by Crippen LogP contribution is -2.58. The fourth-order valence-corrected chi connectivity index (χ4v) is 25.3. The van der Waals surface area contributed by atoms with E-state index in [0.717, 1.165) is 92.0 Å². The van der Waals surface area contributed by atoms with Crippen molar-refractivity contribution in [1.29, 1.82) is 0 Å². The molecule has 135 heavy (non-hydrogen) atoms. The highest BCUT2D eigenvalue weighted by Crippen LogP contribution is 2.64. The summed E-state index contributed by atoms with van der Waals surface area (Å²) in [6, 6.07) is 57.7. The molecule has 6 aromatic carbocycles. The van der Waals surface area contributed by atoms with Crippen molar-refractivity contribution in [3.05, 3.63) is 214 Å². The lowest BCUT2D eigenvalue weighted by molar-refractivity contribution is -0.884. The molecule has 1 heterocycles. The summed E-state index contributed by atoms with van der Waals surface area (Å²) in [5.74, 6) is -4.05. The van der Waals surface area contributed by atoms with Crippen molar-refractivity contribution in [2.24, 2.45) is 58.2 Å². The Hall–Kier alpha value is -7.55. The maximum absolute atomic E-state index is 13.9. The molecule has 14 aliphatic rings. The van der Waals surface area contributed by atoms with Gasteiger partial charge in [0.05, 0.1) is 113 Å². The molecule has 11 fully saturated rings. The van der Waals surface area contributed by atoms with Crippen LogP contribution in [0.4, 0.5) is 39.5 Å². The Morgan fingerprint density at radius 1 is 0.459 bits per heavy atom. The van der Waals surface area contributed by atoms with Gasteiger partial charge in [-0.05, 0) is 154 Å². The van der Waals surface area contributed by atoms with Crippen LogP contribution in [0.2, 0.25) is 0 Å². The summed E-state index contributed by atoms with van der Waals surface area (Å²) >= 11 is 0. The minimum absolute atomic E-state index is 0.0300. The van der Waals surface area contributed by atoms with Crippen molar-refractivity contribution < 1.29 is 156 Å². The molecule has 1 saturated heterocycles. The number of alkyl halides is 9. The van der Waals surface area contributed by atoms with Crippen LogP contribution in [-0.4, -0.2) is 249 Å². The molecule has 6 aromatic rings. The van der Waals surface area contributed by atoms with Crippen LogP contribution in [0.15, 0.2) is 170 Å². The first-order valence-electron chi connectivity index (χ1n) is 44.8. The van der Waals surface area contributed by atoms with E-state index in [4.69, 9.17) is 8.92 Å². The van der Waals surface area contributed by atoms with Gasteiger partial charge in [0.1, 0.15) is 38.4 Å². The predicted octanol–water partition coefficient (Wildman–Crippen LogP) is 14.2. The fraction of sp³-hybridized carbons (Fsp3) is 0.589. The number of carbonyl (C=O) groups excluding carboxylic acids is 3. The number of halogens is 9. The number of esters is 3. The lowest BCUT2D eigenvalue weighted by atomic mass is 9.48. The Bertz CT molecular complexity index is 5380. The third kappa shape index (κ3) is 28.2. The predicted molar refractivity (Wildman–Crippen MR) is 478 cm³/mol. The Kier molecular flexibility index (Phi) is 33.8. The average molecular weight is 2010 g/mol. The molecule has 40 heteroatoms. The Morgan fingerprint density at radius 2 is 0.815 bits per heavy atom. The molecule has 26 nitrogen and oxygen atoms in total. The second-order valence-electron chi connectivity index (χ2n) is 42.4. The zero-order valence-corrected chi connectivity index (χ0v) is 81.8. The third-order valence-electron chi connectivity index (χ3n) is 26.5. The molecule has 20 rings (SSSR count). The first-order valence-corrected chi connectivity index (χ1v) is 51.9. The number of aliphatic hydroxyl groups is 1. The van der Waals surface area contributed by atoms with Gasteiger partial charge in [0, 0.05) is 58.8 Å². The Balaban J connectivity index is 0.000000163. The molecule has 13 aliphatic carbocycles. The largest absolute Gasteiger partial charge is 0.743 e. The number of fused-ring (bicyclic) bond motifs is 2. The monoisotopic (exact) mass is 2000 g/mol. The highest BCUT2D eigenvalue weighted by molar-refractivity contribution is 7.88. The minimum atomic E-state index is -6.21. The van der Waals surface area contributed by atoms with Crippen molar-refractivity contribution in [2.45, 2.75) is 197 Å². The van der Waals surface area contributed by atoms with E-state index in [1.165, 1.54) is 22.3 Å². The molecule has 1 N–H and O–H groups in total. The van der Waals surface area contributed by atoms with E-state index in [1.54, 1.807) is 0 Å². The number of ether oxygens (including phenoxy) is 3. The van der Waals surface area contributed by atoms with E-state index < -0.39 is 173 Å². The van der Waals surface area contributed by atoms with Crippen LogP contribution in [0.3, 0.4) is 0 Å². The summed E-state index contributed by atoms with van der Waals surface area (Å²) in [5.41, 5.74) is 7.26. The maximum Gasteiger partial charge on any atom is 0.428 e. The minimum Gasteiger partial charge on any atom is -0.743 e. The highest BCUT2D eigenvalue weighted by Gasteiger charge is 2.67. The zero-order valence-electron chi connectivity index (χ0n) is 77.8. The van der Waals surface area contributed by atoms with Crippen molar-refractivity contribution in [1.82, 2.24) is 0 Å². The van der Waals surface area contributed by atoms with Crippen LogP contribution in [0, 0.1) is 58.2 Å². The van der Waals surface area contributed by atoms with Gasteiger partial charge in [-0.1, -0.05) is 170 Å². The van der Waals surface area contributed by atoms with Gasteiger partial charge in [-0.2, -0.15) is 43.5 Å². The Labute approximate surface area is 787 Å². The molecule has 0 aromatic heterocycles. The number of benzene rings is 6. The molecule has 10 saturated carbocycles. The van der Waals surface area contributed by atoms with Gasteiger partial charge >= 0.3 is 38.9 Å². The first-order chi connectivity index (χ1) is 62.0. The van der Waals surface area contributed by atoms with E-state index in [-0.39, 0.29) is 36.5 Å². The van der Waals surface area contributed by atoms with Gasteiger partial charge in [-0.25, -0.2) is 42.9 Å². The van der Waals surface area contributed by atoms with E-state index >= 15 is 0 Å². The number of hydrogen-bond donors (Lipinski definition) is 1. The first kappa shape index (κ1) is 109. The van der Waals surface area contributed by atoms with Crippen molar-refractivity contribution in [3.63, 3.8) is 0 Å². The lowest BCUT2D eigenvalue weighted by Gasteiger charge is -2.58. The van der Waals surface area contributed by atoms with Crippen LogP contribution < -0.4 is 0 Å². The van der Waals surface area contributed by atoms with Crippen molar-refractivity contribution >= 4 is 68.5 Å². The normalized spacial score (nSPS) is 27.7. The number of nitrogens with zero attached hydrogens (tertiary/aromatic N) is 4. The summed E-state index contributed by atoms with van der Waals surface area (Å²) in [6.45, 7) is 1.96. The van der Waals surface area contributed by atoms with E-state index in [2.05, 4.69) is 215 Å². The van der Waals surface area contributed by atoms with Crippen molar-refractivity contribution in [2.75, 3.05) is 97.8 Å². The van der Waals surface area contributed by atoms with Gasteiger partial charge in [0.25, 0.3) is 10.1 Å². The molecule has 12 bridgehead atoms. The van der Waals surface area contributed by atoms with E-state index in [1.807, 2.05) is 48.5 Å². The SMILES string of the molecule is C[N+](C)(C)Cc1ccccc1.C[N+](C)(C)Cc1ccccc1.C[N+](C)(C)Cc1ccccc1.C[N+](C)(C)Cc1ccccc1.O=C(OC1C2CC3C1OS(=O)(=O)C3C2)C(F)(F)S(=O)(=O)[O-].O=C(OCC(F)(F)S(=O)(=O)[O-])C12CC3CC(CC(C3)C1)C2.O=C(OCCC(F)C(F)(F)S(=O)(=O)[O-])C12CC3CC(CC(O)(C3)C1)C2.O=S(=O)([O-])C(F)(F)CC1CC2c3ccccc3C1c1ccccc12. The topological polar surface area (TPSA) is 371 Å². The molecule has 1 aliphatic heterocycles. The van der Waals surface area contributed by atoms with Gasteiger partial charge in [-0.3, -0.25) is 13.8 Å². The molecular weight excluding hydrogens is 1880 g/mol. The van der Waals surface area contributed by atoms with Gasteiger partial charge < -0.3 is 55.5 Å². The van der Waals surface area contributed by atoms with Crippen molar-refractivity contribution in [3.8, 4) is 0 Å². The van der Waals surface area contributed by atoms with Gasteiger partial charge in [0.2, 0.25) is 0 Å². The Morgan fingerprint density at radius 3 is 1.17 bits per heavy atom. The van der Waals surface area contributed by atoms with E-state index in [9.17, 15) is 119 Å². The van der Waals surface area contributed by atoms with Crippen LogP contribution in [0.25, 0.3) is 0 Å². The molecule has 9 unspecified atom stereocenters. The van der Waals surface area contributed by atoms with E-state index in [0.29, 0.717) is 75.5 Å². The summed E-state index contributed by atoms with van der Waals surface area (Å²) in [5, 5.41) is -9.26. The second kappa shape index (κ2) is 41.7. The maximum atomic E-state index is 13.9. The third-order valence-corrected chi connectivity index (χ3v) is 31.7. The van der Waals surface area contributed by atoms with Crippen LogP contribution >= 0.6 is 0 Å². The van der Waals surface area contributed by atoms with Crippen LogP contribution in [0.1, 0.15) is 165 Å². The van der Waals surface area contributed by atoms with Crippen LogP contribution in [0.5, 0.6) is 0 Å². The van der Waals surface area contributed by atoms with Crippen LogP contribution in [-0.2, 0) is 110 Å². The molecule has 9 atom stereocenters. The summed E-state index contributed by atoms with van der Waals surface area (Å²) < 4.78 is 292. The average Bonchev–Trinajstić information content (AvgIpc) is 1.65. The number of quaternary nitrogens is 4. The zero-order chi connectivity index (χ0) is 100. The summed E-state index contributed by atoms with van der Waals surface area (Å²) in [7, 11) is -1.22. The molecule has 750 valence electrons. The van der Waals surface area contributed by atoms with Gasteiger partial charge in [-0.15, -0.1) is 0 Å². The van der Waals surface area contributed by atoms with Gasteiger partial charge in [0.15, 0.2) is 53.3 Å². The summed E-state index contributed by atoms with van der Waals surface area (Å²) in [6.07, 6.45) is 1.91. The molecule has 0 spiro atoms. The standard InChI is InChI=1S/C18H16F2O3S.C15H21F3O6S.C13H18F2O5S.4C10H16N.C9H10F2O8S2/c19-18(20,24(21,22)23)10-11-9-16-12-5-1-3-7-14(12)17(11)15-8-4-2-6-13(15)16;16-11(15(17,18)25(21,22)23)1-2-24-12(19)13-4-9-3-10(5-13)7-14(20,6-9)8-13;14-13(15,21(17,18)19)7-20-11(16)12-4-8-1-9(5-12)3-10(2-8)6-12;4*1-11(2,3)9-10-7-5-4-6-8-10;10-9(11,21(15,16)17)8(12)18-6-3-1-4-5(2-3)20(13,14)19-7(4)6/h1-8,11,16-17H,9-10H2,(H,21,22,23);9-11,20H,1-8H2,(H,21,22,23);8-10H,1-7H2,(H,17,18,19);4*4-8H,9H2,1-3H3;3-7H,1-2H2,(H,15,16,17)/q;;;4*+1;/p-4. The highest BCUT2D eigenvalue weighted by atomic mass is 32.2. The molecule has 0 radical (unpaired) electrons.